The molecule has 0 heterocycles. The van der Waals surface area contributed by atoms with Crippen molar-refractivity contribution in [2.24, 2.45) is 0 Å². The zero-order valence-electron chi connectivity index (χ0n) is 8.71. The van der Waals surface area contributed by atoms with Crippen molar-refractivity contribution in [1.29, 1.82) is 0 Å². The first-order valence-electron chi connectivity index (χ1n) is 4.12. The Bertz CT molecular complexity index is 207. The molecule has 0 aliphatic heterocycles. The number of carbonyl (C=O) groups excluding carboxylic acids is 2. The Kier molecular flexibility index (Phi) is 4.12. The van der Waals surface area contributed by atoms with Gasteiger partial charge >= 0.3 is 11.9 Å². The zero-order chi connectivity index (χ0) is 10.6. The lowest BCUT2D eigenvalue weighted by molar-refractivity contribution is -0.159. The molecule has 0 N–H and O–H groups in total. The summed E-state index contributed by atoms with van der Waals surface area (Å²) in [6.07, 6.45) is -0.802. The van der Waals surface area contributed by atoms with Crippen LogP contribution in [0.5, 0.6) is 0 Å². The van der Waals surface area contributed by atoms with E-state index in [0.717, 1.165) is 0 Å². The Balaban J connectivity index is 4.05. The first kappa shape index (κ1) is 12.2. The summed E-state index contributed by atoms with van der Waals surface area (Å²) in [4.78, 5) is 21.7. The molecule has 0 rings (SSSR count). The summed E-state index contributed by atoms with van der Waals surface area (Å²) < 4.78 is 9.79. The van der Waals surface area contributed by atoms with Gasteiger partial charge in [-0.1, -0.05) is 0 Å². The van der Waals surface area contributed by atoms with Crippen LogP contribution in [0.25, 0.3) is 0 Å². The maximum absolute atomic E-state index is 11.2. The van der Waals surface area contributed by atoms with Gasteiger partial charge in [0.25, 0.3) is 0 Å². The zero-order valence-corrected chi connectivity index (χ0v) is 9.71. The summed E-state index contributed by atoms with van der Waals surface area (Å²) >= 11 is 0. The highest BCUT2D eigenvalue weighted by molar-refractivity contribution is 6.71. The van der Waals surface area contributed by atoms with Crippen LogP contribution in [-0.2, 0) is 18.8 Å². The topological polar surface area (TPSA) is 52.6 Å². The van der Waals surface area contributed by atoms with Crippen LogP contribution in [0.4, 0.5) is 0 Å². The standard InChI is InChI=1S/C8H16O4Si/c1-6(11-7(2)9)8(10)12-13(3,4)5/h6H,1-5H3. The lowest BCUT2D eigenvalue weighted by Gasteiger charge is -2.20. The fourth-order valence-electron chi connectivity index (χ4n) is 0.682. The highest BCUT2D eigenvalue weighted by atomic mass is 28.4. The van der Waals surface area contributed by atoms with E-state index in [1.54, 1.807) is 0 Å². The molecule has 0 aromatic heterocycles. The Morgan fingerprint density at radius 1 is 1.23 bits per heavy atom. The molecule has 0 aliphatic rings. The van der Waals surface area contributed by atoms with E-state index in [0.29, 0.717) is 0 Å². The fraction of sp³-hybridized carbons (Fsp3) is 0.750. The van der Waals surface area contributed by atoms with Gasteiger partial charge in [-0.3, -0.25) is 4.79 Å². The molecule has 13 heavy (non-hydrogen) atoms. The number of carbonyl (C=O) groups is 2. The van der Waals surface area contributed by atoms with Gasteiger partial charge in [0.05, 0.1) is 0 Å². The minimum absolute atomic E-state index is 0.464. The molecule has 1 atom stereocenters. The molecule has 1 unspecified atom stereocenters. The molecule has 0 saturated heterocycles. The van der Waals surface area contributed by atoms with Crippen molar-refractivity contribution >= 4 is 20.3 Å². The van der Waals surface area contributed by atoms with Gasteiger partial charge < -0.3 is 9.16 Å². The lowest BCUT2D eigenvalue weighted by atomic mass is 10.4. The van der Waals surface area contributed by atoms with Gasteiger partial charge in [0, 0.05) is 6.92 Å². The quantitative estimate of drug-likeness (QED) is 0.514. The van der Waals surface area contributed by atoms with Gasteiger partial charge in [-0.25, -0.2) is 4.79 Å². The number of rotatable bonds is 3. The first-order chi connectivity index (χ1) is 5.72. The summed E-state index contributed by atoms with van der Waals surface area (Å²) in [5.41, 5.74) is 0. The van der Waals surface area contributed by atoms with E-state index in [-0.39, 0.29) is 0 Å². The van der Waals surface area contributed by atoms with E-state index in [1.165, 1.54) is 13.8 Å². The molecule has 0 fully saturated rings. The summed E-state index contributed by atoms with van der Waals surface area (Å²) in [7, 11) is -1.87. The van der Waals surface area contributed by atoms with Crippen molar-refractivity contribution in [3.63, 3.8) is 0 Å². The molecule has 0 spiro atoms. The molecule has 0 radical (unpaired) electrons. The van der Waals surface area contributed by atoms with Crippen molar-refractivity contribution < 1.29 is 18.8 Å². The SMILES string of the molecule is CC(=O)OC(C)C(=O)O[Si](C)(C)C. The number of ether oxygens (including phenoxy) is 1. The average molecular weight is 204 g/mol. The molecule has 0 aromatic carbocycles. The van der Waals surface area contributed by atoms with Crippen molar-refractivity contribution in [2.45, 2.75) is 39.6 Å². The molecule has 0 aliphatic carbocycles. The molecule has 0 amide bonds. The smallest absolute Gasteiger partial charge is 0.333 e. The van der Waals surface area contributed by atoms with Crippen molar-refractivity contribution in [3.05, 3.63) is 0 Å². The van der Waals surface area contributed by atoms with E-state index < -0.39 is 26.4 Å². The molecular weight excluding hydrogens is 188 g/mol. The van der Waals surface area contributed by atoms with E-state index in [1.807, 2.05) is 19.6 Å². The van der Waals surface area contributed by atoms with Crippen LogP contribution in [0.2, 0.25) is 19.6 Å². The Morgan fingerprint density at radius 2 is 1.69 bits per heavy atom. The fourth-order valence-corrected chi connectivity index (χ4v) is 1.45. The number of esters is 1. The van der Waals surface area contributed by atoms with Crippen molar-refractivity contribution in [2.75, 3.05) is 0 Å². The Morgan fingerprint density at radius 3 is 2.00 bits per heavy atom. The van der Waals surface area contributed by atoms with Gasteiger partial charge in [-0.15, -0.1) is 0 Å². The number of hydrogen-bond donors (Lipinski definition) is 0. The molecule has 0 bridgehead atoms. The minimum atomic E-state index is -1.87. The molecule has 0 saturated carbocycles. The molecule has 5 heteroatoms. The van der Waals surface area contributed by atoms with E-state index in [9.17, 15) is 9.59 Å². The van der Waals surface area contributed by atoms with Crippen LogP contribution in [-0.4, -0.2) is 26.4 Å². The summed E-state index contributed by atoms with van der Waals surface area (Å²) in [5, 5.41) is 0. The van der Waals surface area contributed by atoms with Crippen LogP contribution in [0, 0.1) is 0 Å². The predicted octanol–water partition coefficient (Wildman–Crippen LogP) is 1.32. The summed E-state index contributed by atoms with van der Waals surface area (Å²) in [6.45, 7) is 8.45. The lowest BCUT2D eigenvalue weighted by Crippen LogP contribution is -2.35. The monoisotopic (exact) mass is 204 g/mol. The third-order valence-corrected chi connectivity index (χ3v) is 1.90. The van der Waals surface area contributed by atoms with Crippen molar-refractivity contribution in [3.8, 4) is 0 Å². The summed E-state index contributed by atoms with van der Waals surface area (Å²) in [5.74, 6) is -0.936. The Hall–Kier alpha value is -0.843. The van der Waals surface area contributed by atoms with Gasteiger partial charge in [0.1, 0.15) is 0 Å². The average Bonchev–Trinajstić information content (AvgIpc) is 1.81. The normalized spacial score (nSPS) is 13.3. The second kappa shape index (κ2) is 4.41. The second-order valence-corrected chi connectivity index (χ2v) is 8.21. The molecule has 4 nitrogen and oxygen atoms in total. The highest BCUT2D eigenvalue weighted by Crippen LogP contribution is 2.06. The van der Waals surface area contributed by atoms with Crippen molar-refractivity contribution in [1.82, 2.24) is 0 Å². The Labute approximate surface area is 79.3 Å². The molecule has 76 valence electrons. The molecule has 0 aromatic rings. The van der Waals surface area contributed by atoms with Gasteiger partial charge in [0.15, 0.2) is 6.10 Å². The van der Waals surface area contributed by atoms with Crippen LogP contribution in [0.1, 0.15) is 13.8 Å². The van der Waals surface area contributed by atoms with Gasteiger partial charge in [0.2, 0.25) is 8.32 Å². The van der Waals surface area contributed by atoms with Gasteiger partial charge in [-0.05, 0) is 26.6 Å². The van der Waals surface area contributed by atoms with Crippen LogP contribution >= 0.6 is 0 Å². The first-order valence-corrected chi connectivity index (χ1v) is 7.53. The minimum Gasteiger partial charge on any atom is -0.517 e. The second-order valence-electron chi connectivity index (χ2n) is 3.79. The van der Waals surface area contributed by atoms with Crippen LogP contribution in [0.3, 0.4) is 0 Å². The third kappa shape index (κ3) is 6.33. The predicted molar refractivity (Wildman–Crippen MR) is 50.7 cm³/mol. The van der Waals surface area contributed by atoms with E-state index in [4.69, 9.17) is 4.43 Å². The van der Waals surface area contributed by atoms with E-state index in [2.05, 4.69) is 4.74 Å². The highest BCUT2D eigenvalue weighted by Gasteiger charge is 2.25. The van der Waals surface area contributed by atoms with Gasteiger partial charge in [-0.2, -0.15) is 0 Å². The third-order valence-electron chi connectivity index (χ3n) is 1.08. The summed E-state index contributed by atoms with van der Waals surface area (Å²) in [6, 6.07) is 0. The maximum atomic E-state index is 11.2. The van der Waals surface area contributed by atoms with Crippen LogP contribution < -0.4 is 0 Å². The number of hydrogen-bond acceptors (Lipinski definition) is 4. The maximum Gasteiger partial charge on any atom is 0.333 e. The van der Waals surface area contributed by atoms with E-state index >= 15 is 0 Å². The van der Waals surface area contributed by atoms with Crippen LogP contribution in [0.15, 0.2) is 0 Å². The largest absolute Gasteiger partial charge is 0.517 e. The molecular formula is C8H16O4Si.